The van der Waals surface area contributed by atoms with Gasteiger partial charge in [0.15, 0.2) is 0 Å². The molecule has 1 atom stereocenters. The van der Waals surface area contributed by atoms with E-state index in [4.69, 9.17) is 5.73 Å². The van der Waals surface area contributed by atoms with Crippen LogP contribution in [0.5, 0.6) is 0 Å². The lowest BCUT2D eigenvalue weighted by atomic mass is 9.87. The first-order chi connectivity index (χ1) is 5.91. The maximum Gasteiger partial charge on any atom is 0.0217 e. The quantitative estimate of drug-likeness (QED) is 0.661. The molecule has 0 aromatic carbocycles. The number of nitrogens with zero attached hydrogens (tertiary/aromatic N) is 1. The van der Waals surface area contributed by atoms with Gasteiger partial charge in [0.2, 0.25) is 0 Å². The van der Waals surface area contributed by atoms with Gasteiger partial charge in [0.25, 0.3) is 0 Å². The Morgan fingerprint density at radius 1 is 1.46 bits per heavy atom. The predicted octanol–water partition coefficient (Wildman–Crippen LogP) is 1.87. The van der Waals surface area contributed by atoms with Crippen LogP contribution in [0, 0.1) is 5.41 Å². The molecule has 2 nitrogen and oxygen atoms in total. The summed E-state index contributed by atoms with van der Waals surface area (Å²) in [6.07, 6.45) is 1.93. The molecule has 0 amide bonds. The predicted molar refractivity (Wildman–Crippen MR) is 59.7 cm³/mol. The Morgan fingerprint density at radius 2 is 2.00 bits per heavy atom. The summed E-state index contributed by atoms with van der Waals surface area (Å²) in [6, 6.07) is 0.229. The van der Waals surface area contributed by atoms with Gasteiger partial charge < -0.3 is 5.73 Å². The van der Waals surface area contributed by atoms with E-state index in [0.29, 0.717) is 0 Å². The number of nitrogens with two attached hydrogens (primary N) is 1. The molecule has 2 heteroatoms. The zero-order chi connectivity index (χ0) is 10.5. The minimum absolute atomic E-state index is 0.189. The third-order valence-electron chi connectivity index (χ3n) is 2.40. The lowest BCUT2D eigenvalue weighted by Crippen LogP contribution is -2.45. The second-order valence-corrected chi connectivity index (χ2v) is 4.61. The van der Waals surface area contributed by atoms with Gasteiger partial charge in [-0.1, -0.05) is 33.8 Å². The van der Waals surface area contributed by atoms with Gasteiger partial charge in [-0.25, -0.2) is 0 Å². The Bertz CT molecular complexity index is 147. The summed E-state index contributed by atoms with van der Waals surface area (Å²) in [5, 5.41) is 0. The van der Waals surface area contributed by atoms with Crippen LogP contribution in [0.25, 0.3) is 0 Å². The summed E-state index contributed by atoms with van der Waals surface area (Å²) in [7, 11) is 0. The van der Waals surface area contributed by atoms with Crippen LogP contribution in [0.2, 0.25) is 0 Å². The van der Waals surface area contributed by atoms with Crippen molar-refractivity contribution in [2.75, 3.05) is 19.6 Å². The fourth-order valence-electron chi connectivity index (χ4n) is 1.07. The molecular weight excluding hydrogens is 160 g/mol. The van der Waals surface area contributed by atoms with Crippen molar-refractivity contribution in [1.82, 2.24) is 4.90 Å². The first-order valence-corrected chi connectivity index (χ1v) is 5.00. The van der Waals surface area contributed by atoms with E-state index in [1.807, 2.05) is 6.08 Å². The van der Waals surface area contributed by atoms with Crippen LogP contribution < -0.4 is 5.73 Å². The van der Waals surface area contributed by atoms with Gasteiger partial charge in [0.1, 0.15) is 0 Å². The van der Waals surface area contributed by atoms with Gasteiger partial charge in [-0.3, -0.25) is 4.90 Å². The first kappa shape index (κ1) is 12.7. The van der Waals surface area contributed by atoms with E-state index in [-0.39, 0.29) is 11.5 Å². The molecule has 0 aromatic heterocycles. The van der Waals surface area contributed by atoms with Crippen molar-refractivity contribution in [2.24, 2.45) is 11.1 Å². The van der Waals surface area contributed by atoms with Crippen LogP contribution in [0.15, 0.2) is 12.7 Å². The van der Waals surface area contributed by atoms with E-state index < -0.39 is 0 Å². The fourth-order valence-corrected chi connectivity index (χ4v) is 1.07. The van der Waals surface area contributed by atoms with E-state index in [0.717, 1.165) is 19.6 Å². The average molecular weight is 184 g/mol. The minimum atomic E-state index is 0.189. The molecule has 1 unspecified atom stereocenters. The molecule has 0 saturated heterocycles. The molecular formula is C11H24N2. The summed E-state index contributed by atoms with van der Waals surface area (Å²) in [5.41, 5.74) is 6.27. The molecule has 0 rings (SSSR count). The Hall–Kier alpha value is -0.340. The Balaban J connectivity index is 4.00. The summed E-state index contributed by atoms with van der Waals surface area (Å²) in [6.45, 7) is 15.3. The zero-order valence-electron chi connectivity index (χ0n) is 9.51. The molecule has 0 saturated carbocycles. The van der Waals surface area contributed by atoms with Crippen LogP contribution >= 0.6 is 0 Å². The fraction of sp³-hybridized carbons (Fsp3) is 0.818. The van der Waals surface area contributed by atoms with Gasteiger partial charge in [0, 0.05) is 19.1 Å². The van der Waals surface area contributed by atoms with Crippen molar-refractivity contribution in [2.45, 2.75) is 33.7 Å². The second kappa shape index (κ2) is 5.40. The average Bonchev–Trinajstić information content (AvgIpc) is 2.01. The zero-order valence-corrected chi connectivity index (χ0v) is 9.51. The van der Waals surface area contributed by atoms with Crippen molar-refractivity contribution in [3.05, 3.63) is 12.7 Å². The molecule has 2 N–H and O–H groups in total. The monoisotopic (exact) mass is 184 g/mol. The Kier molecular flexibility index (Phi) is 5.26. The van der Waals surface area contributed by atoms with Crippen molar-refractivity contribution >= 4 is 0 Å². The standard InChI is InChI=1S/C11H24N2/c1-6-8-13(7-2)9-10(12)11(3,4)5/h6,10H,1,7-9,12H2,2-5H3. The molecule has 0 aromatic rings. The maximum atomic E-state index is 6.08. The summed E-state index contributed by atoms with van der Waals surface area (Å²) in [5.74, 6) is 0. The number of rotatable bonds is 5. The molecule has 0 radical (unpaired) electrons. The summed E-state index contributed by atoms with van der Waals surface area (Å²) < 4.78 is 0. The van der Waals surface area contributed by atoms with Crippen LogP contribution in [0.3, 0.4) is 0 Å². The Morgan fingerprint density at radius 3 is 2.31 bits per heavy atom. The van der Waals surface area contributed by atoms with E-state index in [1.54, 1.807) is 0 Å². The third-order valence-corrected chi connectivity index (χ3v) is 2.40. The van der Waals surface area contributed by atoms with Gasteiger partial charge in [-0.15, -0.1) is 6.58 Å². The molecule has 0 heterocycles. The molecule has 0 aliphatic rings. The highest BCUT2D eigenvalue weighted by molar-refractivity contribution is 4.82. The van der Waals surface area contributed by atoms with Gasteiger partial charge in [0.05, 0.1) is 0 Å². The molecule has 0 bridgehead atoms. The molecule has 13 heavy (non-hydrogen) atoms. The van der Waals surface area contributed by atoms with Crippen molar-refractivity contribution in [3.8, 4) is 0 Å². The lowest BCUT2D eigenvalue weighted by molar-refractivity contribution is 0.219. The van der Waals surface area contributed by atoms with Crippen molar-refractivity contribution in [1.29, 1.82) is 0 Å². The smallest absolute Gasteiger partial charge is 0.0217 e. The van der Waals surface area contributed by atoms with Crippen LogP contribution in [-0.4, -0.2) is 30.6 Å². The summed E-state index contributed by atoms with van der Waals surface area (Å²) >= 11 is 0. The second-order valence-electron chi connectivity index (χ2n) is 4.61. The molecule has 0 aliphatic carbocycles. The van der Waals surface area contributed by atoms with Gasteiger partial charge in [-0.2, -0.15) is 0 Å². The topological polar surface area (TPSA) is 29.3 Å². The molecule has 0 fully saturated rings. The van der Waals surface area contributed by atoms with Gasteiger partial charge in [-0.05, 0) is 12.0 Å². The highest BCUT2D eigenvalue weighted by Crippen LogP contribution is 2.17. The SMILES string of the molecule is C=CCN(CC)CC(N)C(C)(C)C. The van der Waals surface area contributed by atoms with Crippen molar-refractivity contribution in [3.63, 3.8) is 0 Å². The van der Waals surface area contributed by atoms with Crippen LogP contribution in [-0.2, 0) is 0 Å². The van der Waals surface area contributed by atoms with Crippen LogP contribution in [0.4, 0.5) is 0 Å². The Labute approximate surface area is 82.8 Å². The highest BCUT2D eigenvalue weighted by Gasteiger charge is 2.21. The highest BCUT2D eigenvalue weighted by atomic mass is 15.1. The third kappa shape index (κ3) is 5.06. The van der Waals surface area contributed by atoms with Gasteiger partial charge >= 0.3 is 0 Å². The molecule has 78 valence electrons. The lowest BCUT2D eigenvalue weighted by Gasteiger charge is -2.31. The normalized spacial score (nSPS) is 14.6. The number of hydrogen-bond donors (Lipinski definition) is 1. The van der Waals surface area contributed by atoms with E-state index >= 15 is 0 Å². The molecule has 0 aliphatic heterocycles. The van der Waals surface area contributed by atoms with Crippen LogP contribution in [0.1, 0.15) is 27.7 Å². The summed E-state index contributed by atoms with van der Waals surface area (Å²) in [4.78, 5) is 2.31. The maximum absolute atomic E-state index is 6.08. The minimum Gasteiger partial charge on any atom is -0.326 e. The number of hydrogen-bond acceptors (Lipinski definition) is 2. The largest absolute Gasteiger partial charge is 0.326 e. The molecule has 0 spiro atoms. The van der Waals surface area contributed by atoms with E-state index in [9.17, 15) is 0 Å². The van der Waals surface area contributed by atoms with E-state index in [2.05, 4.69) is 39.2 Å². The van der Waals surface area contributed by atoms with E-state index in [1.165, 1.54) is 0 Å². The number of likely N-dealkylation sites (N-methyl/N-ethyl adjacent to an activating group) is 1. The van der Waals surface area contributed by atoms with Crippen molar-refractivity contribution < 1.29 is 0 Å². The first-order valence-electron chi connectivity index (χ1n) is 5.00.